The van der Waals surface area contributed by atoms with E-state index in [0.29, 0.717) is 29.6 Å². The van der Waals surface area contributed by atoms with Gasteiger partial charge in [0, 0.05) is 25.7 Å². The number of Topliss-reactive ketones (excluding diaryl/α,β-unsaturated/α-hetero) is 1. The van der Waals surface area contributed by atoms with Crippen LogP contribution in [0.2, 0.25) is 0 Å². The van der Waals surface area contributed by atoms with Crippen LogP contribution in [0.3, 0.4) is 0 Å². The number of rotatable bonds is 6. The van der Waals surface area contributed by atoms with Crippen LogP contribution in [0.1, 0.15) is 24.3 Å². The molecule has 1 atom stereocenters. The lowest BCUT2D eigenvalue weighted by Gasteiger charge is -2.20. The Hall–Kier alpha value is -3.66. The molecular formula is C21H20N4O5S. The maximum Gasteiger partial charge on any atom is 0.302 e. The third kappa shape index (κ3) is 3.66. The highest BCUT2D eigenvalue weighted by Crippen LogP contribution is 2.43. The first-order valence-electron chi connectivity index (χ1n) is 9.49. The zero-order chi connectivity index (χ0) is 22.1. The molecule has 1 unspecified atom stereocenters. The van der Waals surface area contributed by atoms with Crippen LogP contribution in [0.25, 0.3) is 5.76 Å². The highest BCUT2D eigenvalue weighted by molar-refractivity contribution is 7.13. The van der Waals surface area contributed by atoms with Crippen molar-refractivity contribution in [1.29, 1.82) is 0 Å². The lowest BCUT2D eigenvalue weighted by Crippen LogP contribution is -2.29. The molecule has 1 N–H and O–H groups in total. The quantitative estimate of drug-likeness (QED) is 0.354. The van der Waals surface area contributed by atoms with Crippen molar-refractivity contribution in [2.45, 2.75) is 13.0 Å². The number of nitrogens with zero attached hydrogens (tertiary/aromatic N) is 4. The van der Waals surface area contributed by atoms with Gasteiger partial charge in [0.15, 0.2) is 5.88 Å². The summed E-state index contributed by atoms with van der Waals surface area (Å²) in [6, 6.07) is 9.05. The Morgan fingerprint density at radius 1 is 1.23 bits per heavy atom. The number of aliphatic hydroxyl groups is 1. The monoisotopic (exact) mass is 440 g/mol. The van der Waals surface area contributed by atoms with Crippen molar-refractivity contribution < 1.29 is 23.8 Å². The van der Waals surface area contributed by atoms with Crippen LogP contribution < -0.4 is 14.5 Å². The Kier molecular flexibility index (Phi) is 5.47. The Morgan fingerprint density at radius 2 is 1.97 bits per heavy atom. The highest BCUT2D eigenvalue weighted by atomic mass is 32.1. The second kappa shape index (κ2) is 8.23. The predicted molar refractivity (Wildman–Crippen MR) is 115 cm³/mol. The number of amides is 1. The van der Waals surface area contributed by atoms with E-state index in [2.05, 4.69) is 10.2 Å². The molecule has 0 saturated carbocycles. The van der Waals surface area contributed by atoms with E-state index in [4.69, 9.17) is 9.15 Å². The van der Waals surface area contributed by atoms with Gasteiger partial charge in [-0.2, -0.15) is 0 Å². The summed E-state index contributed by atoms with van der Waals surface area (Å²) in [5.41, 5.74) is 1.76. The lowest BCUT2D eigenvalue weighted by molar-refractivity contribution is -0.132. The van der Waals surface area contributed by atoms with Gasteiger partial charge in [0.2, 0.25) is 5.13 Å². The minimum atomic E-state index is -0.979. The van der Waals surface area contributed by atoms with Crippen LogP contribution in [0.5, 0.6) is 5.75 Å². The van der Waals surface area contributed by atoms with E-state index >= 15 is 0 Å². The average Bonchev–Trinajstić information content (AvgIpc) is 3.49. The number of furan rings is 1. The van der Waals surface area contributed by atoms with E-state index in [1.807, 2.05) is 21.0 Å². The van der Waals surface area contributed by atoms with Gasteiger partial charge in [0.1, 0.15) is 28.8 Å². The van der Waals surface area contributed by atoms with Gasteiger partial charge in [-0.15, -0.1) is 10.2 Å². The molecule has 0 aliphatic carbocycles. The standard InChI is InChI=1S/C21H20N4O5S/c1-4-29-13-7-5-12(6-8-13)18(26)16-17(14-9-10-15(30-14)24(2)3)25(20(28)19(16)27)21-23-22-11-31-21/h5-11,17,26H,4H2,1-3H3/b18-16+. The van der Waals surface area contributed by atoms with Crippen molar-refractivity contribution in [1.82, 2.24) is 10.2 Å². The topological polar surface area (TPSA) is 109 Å². The zero-order valence-corrected chi connectivity index (χ0v) is 17.9. The van der Waals surface area contributed by atoms with E-state index in [9.17, 15) is 14.7 Å². The van der Waals surface area contributed by atoms with Gasteiger partial charge in [-0.25, -0.2) is 0 Å². The maximum absolute atomic E-state index is 13.0. The number of aromatic nitrogens is 2. The number of benzene rings is 1. The Labute approximate surface area is 182 Å². The third-order valence-corrected chi connectivity index (χ3v) is 5.45. The van der Waals surface area contributed by atoms with E-state index in [1.165, 1.54) is 10.4 Å². The molecule has 9 nitrogen and oxygen atoms in total. The van der Waals surface area contributed by atoms with Crippen LogP contribution >= 0.6 is 11.3 Å². The summed E-state index contributed by atoms with van der Waals surface area (Å²) in [6.45, 7) is 2.37. The van der Waals surface area contributed by atoms with Crippen LogP contribution in [0.15, 0.2) is 51.9 Å². The molecule has 1 aromatic carbocycles. The van der Waals surface area contributed by atoms with E-state index < -0.39 is 17.7 Å². The molecule has 31 heavy (non-hydrogen) atoms. The molecule has 2 aromatic heterocycles. The summed E-state index contributed by atoms with van der Waals surface area (Å²) in [7, 11) is 3.62. The number of carbonyl (C=O) groups is 2. The fraction of sp³-hybridized carbons (Fsp3) is 0.238. The van der Waals surface area contributed by atoms with Gasteiger partial charge >= 0.3 is 5.91 Å². The largest absolute Gasteiger partial charge is 0.507 e. The molecule has 1 saturated heterocycles. The van der Waals surface area contributed by atoms with Crippen molar-refractivity contribution in [2.75, 3.05) is 30.5 Å². The summed E-state index contributed by atoms with van der Waals surface area (Å²) in [6.07, 6.45) is 0. The van der Waals surface area contributed by atoms with Gasteiger partial charge in [-0.1, -0.05) is 11.3 Å². The van der Waals surface area contributed by atoms with Crippen LogP contribution in [-0.4, -0.2) is 47.7 Å². The molecule has 0 spiro atoms. The normalized spacial score (nSPS) is 17.9. The minimum Gasteiger partial charge on any atom is -0.507 e. The minimum absolute atomic E-state index is 0.0796. The average molecular weight is 440 g/mol. The van der Waals surface area contributed by atoms with Gasteiger partial charge in [-0.05, 0) is 37.3 Å². The SMILES string of the molecule is CCOc1ccc(/C(O)=C2\C(=O)C(=O)N(c3nncs3)C2c2ccc(N(C)C)o2)cc1. The highest BCUT2D eigenvalue weighted by Gasteiger charge is 2.49. The van der Waals surface area contributed by atoms with Crippen LogP contribution in [0.4, 0.5) is 11.0 Å². The number of hydrogen-bond donors (Lipinski definition) is 1. The molecule has 0 radical (unpaired) electrons. The van der Waals surface area contributed by atoms with Crippen LogP contribution in [0, 0.1) is 0 Å². The number of carbonyl (C=O) groups excluding carboxylic acids is 2. The first-order valence-corrected chi connectivity index (χ1v) is 10.4. The first-order chi connectivity index (χ1) is 14.9. The maximum atomic E-state index is 13.0. The molecule has 1 fully saturated rings. The predicted octanol–water partition coefficient (Wildman–Crippen LogP) is 3.22. The molecule has 1 aliphatic heterocycles. The zero-order valence-electron chi connectivity index (χ0n) is 17.1. The number of ketones is 1. The Bertz CT molecular complexity index is 1130. The van der Waals surface area contributed by atoms with Crippen molar-refractivity contribution in [3.05, 3.63) is 58.8 Å². The van der Waals surface area contributed by atoms with Crippen molar-refractivity contribution in [3.8, 4) is 5.75 Å². The molecule has 1 amide bonds. The molecule has 4 rings (SSSR count). The fourth-order valence-electron chi connectivity index (χ4n) is 3.33. The van der Waals surface area contributed by atoms with Gasteiger partial charge in [0.05, 0.1) is 12.2 Å². The summed E-state index contributed by atoms with van der Waals surface area (Å²) >= 11 is 1.11. The summed E-state index contributed by atoms with van der Waals surface area (Å²) in [5.74, 6) is -0.441. The Morgan fingerprint density at radius 3 is 2.55 bits per heavy atom. The van der Waals surface area contributed by atoms with E-state index in [-0.39, 0.29) is 16.5 Å². The second-order valence-corrected chi connectivity index (χ2v) is 7.73. The van der Waals surface area contributed by atoms with Crippen LogP contribution in [-0.2, 0) is 9.59 Å². The van der Waals surface area contributed by atoms with Crippen molar-refractivity contribution in [3.63, 3.8) is 0 Å². The number of aliphatic hydroxyl groups excluding tert-OH is 1. The first kappa shape index (κ1) is 20.6. The number of anilines is 2. The molecule has 3 aromatic rings. The smallest absolute Gasteiger partial charge is 0.302 e. The molecule has 160 valence electrons. The van der Waals surface area contributed by atoms with E-state index in [0.717, 1.165) is 11.3 Å². The summed E-state index contributed by atoms with van der Waals surface area (Å²) in [5, 5.41) is 19.0. The van der Waals surface area contributed by atoms with Gasteiger partial charge < -0.3 is 19.2 Å². The number of ether oxygens (including phenoxy) is 1. The molecule has 0 bridgehead atoms. The fourth-order valence-corrected chi connectivity index (χ4v) is 3.92. The van der Waals surface area contributed by atoms with E-state index in [1.54, 1.807) is 41.3 Å². The molecule has 10 heteroatoms. The van der Waals surface area contributed by atoms with Gasteiger partial charge in [0.25, 0.3) is 5.78 Å². The molecular weight excluding hydrogens is 420 g/mol. The summed E-state index contributed by atoms with van der Waals surface area (Å²) in [4.78, 5) is 28.9. The number of hydrogen-bond acceptors (Lipinski definition) is 9. The Balaban J connectivity index is 1.86. The lowest BCUT2D eigenvalue weighted by atomic mass is 9.99. The van der Waals surface area contributed by atoms with Gasteiger partial charge in [-0.3, -0.25) is 14.5 Å². The summed E-state index contributed by atoms with van der Waals surface area (Å²) < 4.78 is 11.3. The second-order valence-electron chi connectivity index (χ2n) is 6.92. The van der Waals surface area contributed by atoms with Crippen molar-refractivity contribution in [2.24, 2.45) is 0 Å². The molecule has 1 aliphatic rings. The third-order valence-electron chi connectivity index (χ3n) is 4.76. The van der Waals surface area contributed by atoms with Crippen molar-refractivity contribution >= 4 is 39.8 Å². The molecule has 3 heterocycles.